The number of aryl methyl sites for hydroxylation is 3. The molecule has 0 aliphatic carbocycles. The van der Waals surface area contributed by atoms with Gasteiger partial charge in [0.05, 0.1) is 11.2 Å². The number of hydrogen-bond acceptors (Lipinski definition) is 5. The molecule has 2 aromatic heterocycles. The predicted octanol–water partition coefficient (Wildman–Crippen LogP) is 2.09. The van der Waals surface area contributed by atoms with Crippen molar-refractivity contribution in [2.24, 2.45) is 13.0 Å². The van der Waals surface area contributed by atoms with Crippen LogP contribution in [0.25, 0.3) is 0 Å². The third kappa shape index (κ3) is 3.67. The van der Waals surface area contributed by atoms with Crippen molar-refractivity contribution in [3.8, 4) is 0 Å². The molecule has 7 heteroatoms. The highest BCUT2D eigenvalue weighted by Crippen LogP contribution is 2.30. The monoisotopic (exact) mass is 348 g/mol. The van der Waals surface area contributed by atoms with E-state index >= 15 is 0 Å². The van der Waals surface area contributed by atoms with Crippen LogP contribution < -0.4 is 0 Å². The summed E-state index contributed by atoms with van der Waals surface area (Å²) in [6.45, 7) is 3.42. The molecule has 1 aliphatic rings. The molecule has 1 amide bonds. The lowest BCUT2D eigenvalue weighted by atomic mass is 9.90. The summed E-state index contributed by atoms with van der Waals surface area (Å²) in [6, 6.07) is 0. The number of likely N-dealkylation sites (tertiary alicyclic amines) is 1. The molecule has 3 rings (SSSR count). The average Bonchev–Trinajstić information content (AvgIpc) is 3.20. The highest BCUT2D eigenvalue weighted by molar-refractivity contribution is 7.09. The molecule has 1 saturated heterocycles. The molecule has 3 heterocycles. The Labute approximate surface area is 146 Å². The minimum Gasteiger partial charge on any atom is -0.385 e. The van der Waals surface area contributed by atoms with Gasteiger partial charge in [-0.15, -0.1) is 11.3 Å². The highest BCUT2D eigenvalue weighted by Gasteiger charge is 2.29. The molecule has 0 radical (unpaired) electrons. The largest absolute Gasteiger partial charge is 0.385 e. The van der Waals surface area contributed by atoms with Gasteiger partial charge in [0.15, 0.2) is 0 Å². The fourth-order valence-electron chi connectivity index (χ4n) is 3.28. The second-order valence-corrected chi connectivity index (χ2v) is 7.36. The second-order valence-electron chi connectivity index (χ2n) is 6.42. The summed E-state index contributed by atoms with van der Waals surface area (Å²) in [5, 5.41) is 10.5. The molecule has 0 aromatic carbocycles. The van der Waals surface area contributed by atoms with Crippen molar-refractivity contribution in [3.05, 3.63) is 34.3 Å². The normalized spacial score (nSPS) is 17.2. The van der Waals surface area contributed by atoms with Crippen molar-refractivity contribution in [1.29, 1.82) is 0 Å². The number of aliphatic hydroxyl groups is 1. The Kier molecular flexibility index (Phi) is 5.30. The maximum atomic E-state index is 12.4. The summed E-state index contributed by atoms with van der Waals surface area (Å²) >= 11 is 1.62. The van der Waals surface area contributed by atoms with Crippen LogP contribution in [-0.4, -0.2) is 43.5 Å². The third-order valence-corrected chi connectivity index (χ3v) is 5.87. The first kappa shape index (κ1) is 17.1. The van der Waals surface area contributed by atoms with Crippen molar-refractivity contribution in [2.75, 3.05) is 13.1 Å². The molecular formula is C17H24N4O2S. The van der Waals surface area contributed by atoms with Gasteiger partial charge in [0.25, 0.3) is 0 Å². The van der Waals surface area contributed by atoms with E-state index in [9.17, 15) is 9.90 Å². The van der Waals surface area contributed by atoms with Crippen LogP contribution in [0.2, 0.25) is 0 Å². The van der Waals surface area contributed by atoms with E-state index in [0.29, 0.717) is 25.3 Å². The topological polar surface area (TPSA) is 71.2 Å². The Morgan fingerprint density at radius 1 is 1.42 bits per heavy atom. The minimum absolute atomic E-state index is 0.166. The number of nitrogens with zero attached hydrogens (tertiary/aromatic N) is 4. The van der Waals surface area contributed by atoms with Gasteiger partial charge in [0.1, 0.15) is 11.9 Å². The van der Waals surface area contributed by atoms with Crippen LogP contribution in [0.4, 0.5) is 0 Å². The second kappa shape index (κ2) is 7.44. The zero-order valence-electron chi connectivity index (χ0n) is 14.2. The van der Waals surface area contributed by atoms with Gasteiger partial charge in [0.2, 0.25) is 5.91 Å². The van der Waals surface area contributed by atoms with E-state index in [-0.39, 0.29) is 11.8 Å². The van der Waals surface area contributed by atoms with E-state index in [0.717, 1.165) is 25.0 Å². The molecule has 1 N–H and O–H groups in total. The SMILES string of the molecule is Cc1ncsc1CCC(=O)N1CCC(C(O)c2nccn2C)CC1. The van der Waals surface area contributed by atoms with Crippen molar-refractivity contribution < 1.29 is 9.90 Å². The number of piperidine rings is 1. The summed E-state index contributed by atoms with van der Waals surface area (Å²) < 4.78 is 1.86. The minimum atomic E-state index is -0.554. The Morgan fingerprint density at radius 3 is 2.75 bits per heavy atom. The van der Waals surface area contributed by atoms with Crippen molar-refractivity contribution in [2.45, 2.75) is 38.7 Å². The number of aromatic nitrogens is 3. The number of thiazole rings is 1. The molecule has 0 saturated carbocycles. The standard InChI is InChI=1S/C17H24N4O2S/c1-12-14(24-11-19-12)3-4-15(22)21-8-5-13(6-9-21)16(23)17-18-7-10-20(17)2/h7,10-11,13,16,23H,3-6,8-9H2,1-2H3. The summed E-state index contributed by atoms with van der Waals surface area (Å²) in [4.78, 5) is 24.0. The number of hydrogen-bond donors (Lipinski definition) is 1. The highest BCUT2D eigenvalue weighted by atomic mass is 32.1. The maximum absolute atomic E-state index is 12.4. The maximum Gasteiger partial charge on any atom is 0.222 e. The van der Waals surface area contributed by atoms with E-state index in [4.69, 9.17) is 0 Å². The molecule has 2 aromatic rings. The lowest BCUT2D eigenvalue weighted by Gasteiger charge is -2.34. The first-order valence-corrected chi connectivity index (χ1v) is 9.26. The van der Waals surface area contributed by atoms with Gasteiger partial charge >= 0.3 is 0 Å². The molecule has 1 fully saturated rings. The molecule has 6 nitrogen and oxygen atoms in total. The number of rotatable bonds is 5. The van der Waals surface area contributed by atoms with Gasteiger partial charge < -0.3 is 14.6 Å². The quantitative estimate of drug-likeness (QED) is 0.898. The fraction of sp³-hybridized carbons (Fsp3) is 0.588. The number of aliphatic hydroxyl groups excluding tert-OH is 1. The lowest BCUT2D eigenvalue weighted by Crippen LogP contribution is -2.40. The van der Waals surface area contributed by atoms with Crippen LogP contribution in [0.1, 0.15) is 41.8 Å². The predicted molar refractivity (Wildman–Crippen MR) is 92.6 cm³/mol. The molecule has 1 aliphatic heterocycles. The number of carbonyl (C=O) groups excluding carboxylic acids is 1. The Morgan fingerprint density at radius 2 is 2.17 bits per heavy atom. The first-order valence-electron chi connectivity index (χ1n) is 8.38. The smallest absolute Gasteiger partial charge is 0.222 e. The Bertz CT molecular complexity index is 688. The van der Waals surface area contributed by atoms with E-state index in [1.165, 1.54) is 4.88 Å². The molecule has 1 atom stereocenters. The lowest BCUT2D eigenvalue weighted by molar-refractivity contribution is -0.133. The molecular weight excluding hydrogens is 324 g/mol. The van der Waals surface area contributed by atoms with Crippen LogP contribution >= 0.6 is 11.3 Å². The van der Waals surface area contributed by atoms with Crippen LogP contribution in [0.15, 0.2) is 17.9 Å². The summed E-state index contributed by atoms with van der Waals surface area (Å²) in [7, 11) is 1.89. The van der Waals surface area contributed by atoms with Gasteiger partial charge in [-0.2, -0.15) is 0 Å². The van der Waals surface area contributed by atoms with Crippen molar-refractivity contribution >= 4 is 17.2 Å². The summed E-state index contributed by atoms with van der Waals surface area (Å²) in [5.41, 5.74) is 2.87. The summed E-state index contributed by atoms with van der Waals surface area (Å²) in [6.07, 6.45) is 5.94. The molecule has 1 unspecified atom stereocenters. The first-order chi connectivity index (χ1) is 11.6. The van der Waals surface area contributed by atoms with Crippen LogP contribution in [0.3, 0.4) is 0 Å². The van der Waals surface area contributed by atoms with Crippen molar-refractivity contribution in [1.82, 2.24) is 19.4 Å². The molecule has 0 bridgehead atoms. The van der Waals surface area contributed by atoms with E-state index in [2.05, 4.69) is 9.97 Å². The zero-order chi connectivity index (χ0) is 17.1. The molecule has 130 valence electrons. The van der Waals surface area contributed by atoms with Gasteiger partial charge in [-0.25, -0.2) is 9.97 Å². The van der Waals surface area contributed by atoms with Gasteiger partial charge in [-0.1, -0.05) is 0 Å². The summed E-state index contributed by atoms with van der Waals surface area (Å²) in [5.74, 6) is 1.08. The van der Waals surface area contributed by atoms with Gasteiger partial charge in [-0.05, 0) is 32.1 Å². The van der Waals surface area contributed by atoms with Crippen LogP contribution in [0.5, 0.6) is 0 Å². The van der Waals surface area contributed by atoms with E-state index in [1.54, 1.807) is 17.5 Å². The number of amides is 1. The van der Waals surface area contributed by atoms with Gasteiger partial charge in [-0.3, -0.25) is 4.79 Å². The average molecular weight is 348 g/mol. The number of imidazole rings is 1. The Balaban J connectivity index is 1.48. The zero-order valence-corrected chi connectivity index (χ0v) is 15.0. The molecule has 0 spiro atoms. The van der Waals surface area contributed by atoms with E-state index < -0.39 is 6.10 Å². The van der Waals surface area contributed by atoms with Gasteiger partial charge in [0, 0.05) is 43.8 Å². The Hall–Kier alpha value is -1.73. The number of carbonyl (C=O) groups is 1. The van der Waals surface area contributed by atoms with Crippen LogP contribution in [0, 0.1) is 12.8 Å². The van der Waals surface area contributed by atoms with Crippen molar-refractivity contribution in [3.63, 3.8) is 0 Å². The third-order valence-electron chi connectivity index (χ3n) is 4.87. The fourth-order valence-corrected chi connectivity index (χ4v) is 4.06. The van der Waals surface area contributed by atoms with Crippen LogP contribution in [-0.2, 0) is 18.3 Å². The van der Waals surface area contributed by atoms with E-state index in [1.807, 2.05) is 35.1 Å². The molecule has 24 heavy (non-hydrogen) atoms.